The molecule has 2 aromatic rings. The summed E-state index contributed by atoms with van der Waals surface area (Å²) in [7, 11) is 3.19. The molecule has 0 heterocycles. The van der Waals surface area contributed by atoms with Gasteiger partial charge >= 0.3 is 0 Å². The molecule has 0 bridgehead atoms. The van der Waals surface area contributed by atoms with Crippen molar-refractivity contribution in [3.8, 4) is 11.5 Å². The Kier molecular flexibility index (Phi) is 4.66. The molecule has 19 heavy (non-hydrogen) atoms. The van der Waals surface area contributed by atoms with E-state index in [0.717, 1.165) is 9.13 Å². The van der Waals surface area contributed by atoms with Gasteiger partial charge in [0, 0.05) is 9.13 Å². The van der Waals surface area contributed by atoms with Crippen LogP contribution in [0.4, 0.5) is 0 Å². The van der Waals surface area contributed by atoms with E-state index in [-0.39, 0.29) is 0 Å². The van der Waals surface area contributed by atoms with Gasteiger partial charge in [0.2, 0.25) is 0 Å². The number of methoxy groups -OCH3 is 2. The largest absolute Gasteiger partial charge is 0.497 e. The first-order chi connectivity index (χ1) is 9.17. The smallest absolute Gasteiger partial charge is 0.125 e. The van der Waals surface area contributed by atoms with Gasteiger partial charge in [-0.05, 0) is 52.4 Å². The van der Waals surface area contributed by atoms with Crippen molar-refractivity contribution in [3.63, 3.8) is 0 Å². The number of rotatable bonds is 4. The van der Waals surface area contributed by atoms with Gasteiger partial charge in [-0.15, -0.1) is 0 Å². The van der Waals surface area contributed by atoms with E-state index in [1.807, 2.05) is 30.3 Å². The van der Waals surface area contributed by atoms with E-state index >= 15 is 0 Å². The molecule has 1 N–H and O–H groups in total. The van der Waals surface area contributed by atoms with Gasteiger partial charge in [0.1, 0.15) is 17.6 Å². The van der Waals surface area contributed by atoms with Crippen molar-refractivity contribution < 1.29 is 14.6 Å². The average molecular weight is 370 g/mol. The van der Waals surface area contributed by atoms with Crippen LogP contribution in [0.15, 0.2) is 42.5 Å². The second-order valence-electron chi connectivity index (χ2n) is 4.03. The number of aliphatic hydroxyl groups is 1. The van der Waals surface area contributed by atoms with E-state index in [4.69, 9.17) is 9.47 Å². The molecule has 3 nitrogen and oxygen atoms in total. The molecule has 0 aliphatic carbocycles. The minimum atomic E-state index is -0.738. The number of benzene rings is 2. The molecule has 0 amide bonds. The lowest BCUT2D eigenvalue weighted by atomic mass is 10.0. The van der Waals surface area contributed by atoms with Gasteiger partial charge in [0.05, 0.1) is 14.2 Å². The first kappa shape index (κ1) is 14.1. The first-order valence-corrected chi connectivity index (χ1v) is 6.89. The molecule has 100 valence electrons. The van der Waals surface area contributed by atoms with E-state index in [9.17, 15) is 5.11 Å². The van der Waals surface area contributed by atoms with Crippen molar-refractivity contribution in [1.82, 2.24) is 0 Å². The van der Waals surface area contributed by atoms with Crippen LogP contribution in [0.1, 0.15) is 17.2 Å². The molecule has 2 aromatic carbocycles. The Balaban J connectivity index is 2.48. The van der Waals surface area contributed by atoms with Gasteiger partial charge in [0.15, 0.2) is 0 Å². The predicted molar refractivity (Wildman–Crippen MR) is 82.8 cm³/mol. The van der Waals surface area contributed by atoms with E-state index < -0.39 is 6.10 Å². The molecule has 0 aliphatic rings. The third-order valence-corrected chi connectivity index (χ3v) is 3.91. The molecule has 4 heteroatoms. The highest BCUT2D eigenvalue weighted by Crippen LogP contribution is 2.34. The monoisotopic (exact) mass is 370 g/mol. The Bertz CT molecular complexity index is 569. The van der Waals surface area contributed by atoms with Crippen LogP contribution < -0.4 is 9.47 Å². The summed E-state index contributed by atoms with van der Waals surface area (Å²) in [5, 5.41) is 10.6. The van der Waals surface area contributed by atoms with E-state index in [2.05, 4.69) is 22.6 Å². The van der Waals surface area contributed by atoms with Crippen molar-refractivity contribution in [2.45, 2.75) is 6.10 Å². The maximum Gasteiger partial charge on any atom is 0.125 e. The molecular weight excluding hydrogens is 355 g/mol. The number of ether oxygens (including phenoxy) is 2. The van der Waals surface area contributed by atoms with Crippen molar-refractivity contribution >= 4 is 22.6 Å². The van der Waals surface area contributed by atoms with E-state index in [0.29, 0.717) is 17.1 Å². The summed E-state index contributed by atoms with van der Waals surface area (Å²) in [6, 6.07) is 13.1. The molecule has 0 aromatic heterocycles. The predicted octanol–water partition coefficient (Wildman–Crippen LogP) is 3.39. The summed E-state index contributed by atoms with van der Waals surface area (Å²) in [5.74, 6) is 1.34. The van der Waals surface area contributed by atoms with Gasteiger partial charge < -0.3 is 14.6 Å². The minimum absolute atomic E-state index is 0.646. The zero-order chi connectivity index (χ0) is 13.8. The summed E-state index contributed by atoms with van der Waals surface area (Å²) in [4.78, 5) is 0. The highest BCUT2D eigenvalue weighted by Gasteiger charge is 2.18. The van der Waals surface area contributed by atoms with Crippen molar-refractivity contribution in [1.29, 1.82) is 0 Å². The maximum atomic E-state index is 10.6. The molecule has 0 saturated heterocycles. The molecule has 0 radical (unpaired) electrons. The number of hydrogen-bond acceptors (Lipinski definition) is 3. The second kappa shape index (κ2) is 6.25. The lowest BCUT2D eigenvalue weighted by Gasteiger charge is -2.17. The van der Waals surface area contributed by atoms with E-state index in [1.54, 1.807) is 26.4 Å². The summed E-state index contributed by atoms with van der Waals surface area (Å²) in [6.45, 7) is 0. The molecule has 0 fully saturated rings. The molecule has 0 spiro atoms. The lowest BCUT2D eigenvalue weighted by Crippen LogP contribution is -2.04. The van der Waals surface area contributed by atoms with Gasteiger partial charge in [-0.25, -0.2) is 0 Å². The van der Waals surface area contributed by atoms with Crippen LogP contribution in [-0.4, -0.2) is 19.3 Å². The normalized spacial score (nSPS) is 12.0. The maximum absolute atomic E-state index is 10.6. The molecular formula is C15H15IO3. The topological polar surface area (TPSA) is 38.7 Å². The fraction of sp³-hybridized carbons (Fsp3) is 0.200. The van der Waals surface area contributed by atoms with Crippen LogP contribution in [0, 0.1) is 3.57 Å². The van der Waals surface area contributed by atoms with Gasteiger partial charge in [-0.3, -0.25) is 0 Å². The Morgan fingerprint density at radius 3 is 2.37 bits per heavy atom. The molecule has 1 unspecified atom stereocenters. The van der Waals surface area contributed by atoms with Crippen LogP contribution in [0.2, 0.25) is 0 Å². The highest BCUT2D eigenvalue weighted by molar-refractivity contribution is 14.1. The summed E-state index contributed by atoms with van der Waals surface area (Å²) >= 11 is 2.21. The summed E-state index contributed by atoms with van der Waals surface area (Å²) < 4.78 is 11.5. The third kappa shape index (κ3) is 3.01. The summed E-state index contributed by atoms with van der Waals surface area (Å²) in [6.07, 6.45) is -0.738. The van der Waals surface area contributed by atoms with Crippen molar-refractivity contribution in [2.24, 2.45) is 0 Å². The lowest BCUT2D eigenvalue weighted by molar-refractivity contribution is 0.213. The Hall–Kier alpha value is -1.27. The third-order valence-electron chi connectivity index (χ3n) is 2.93. The fourth-order valence-corrected chi connectivity index (χ4v) is 2.60. The van der Waals surface area contributed by atoms with Crippen molar-refractivity contribution in [3.05, 3.63) is 57.2 Å². The van der Waals surface area contributed by atoms with Gasteiger partial charge in [0.25, 0.3) is 0 Å². The number of hydrogen-bond donors (Lipinski definition) is 1. The quantitative estimate of drug-likeness (QED) is 0.839. The zero-order valence-electron chi connectivity index (χ0n) is 10.8. The van der Waals surface area contributed by atoms with Crippen LogP contribution in [-0.2, 0) is 0 Å². The van der Waals surface area contributed by atoms with Gasteiger partial charge in [-0.1, -0.05) is 18.2 Å². The van der Waals surface area contributed by atoms with Crippen molar-refractivity contribution in [2.75, 3.05) is 14.2 Å². The highest BCUT2D eigenvalue weighted by atomic mass is 127. The standard InChI is InChI=1S/C15H15IO3/c1-18-10-7-8-14(19-2)12(9-10)15(17)11-5-3-4-6-13(11)16/h3-9,15,17H,1-2H3. The molecule has 2 rings (SSSR count). The van der Waals surface area contributed by atoms with Crippen LogP contribution in [0.3, 0.4) is 0 Å². The SMILES string of the molecule is COc1ccc(OC)c(C(O)c2ccccc2I)c1. The van der Waals surface area contributed by atoms with Crippen LogP contribution in [0.25, 0.3) is 0 Å². The number of aliphatic hydroxyl groups excluding tert-OH is 1. The second-order valence-corrected chi connectivity index (χ2v) is 5.19. The zero-order valence-corrected chi connectivity index (χ0v) is 12.9. The number of halogens is 1. The minimum Gasteiger partial charge on any atom is -0.497 e. The summed E-state index contributed by atoms with van der Waals surface area (Å²) in [5.41, 5.74) is 1.56. The average Bonchev–Trinajstić information content (AvgIpc) is 2.46. The van der Waals surface area contributed by atoms with Gasteiger partial charge in [-0.2, -0.15) is 0 Å². The molecule has 1 atom stereocenters. The Morgan fingerprint density at radius 2 is 1.74 bits per heavy atom. The first-order valence-electron chi connectivity index (χ1n) is 5.81. The van der Waals surface area contributed by atoms with Crippen LogP contribution >= 0.6 is 22.6 Å². The Morgan fingerprint density at radius 1 is 1.00 bits per heavy atom. The Labute approximate surface area is 126 Å². The molecule has 0 aliphatic heterocycles. The van der Waals surface area contributed by atoms with Crippen LogP contribution in [0.5, 0.6) is 11.5 Å². The van der Waals surface area contributed by atoms with E-state index in [1.165, 1.54) is 0 Å². The molecule has 0 saturated carbocycles. The fourth-order valence-electron chi connectivity index (χ4n) is 1.92.